The molecule has 0 amide bonds. The molecule has 0 atom stereocenters. The number of rotatable bonds is 3. The maximum absolute atomic E-state index is 12.4. The zero-order chi connectivity index (χ0) is 14.9. The van der Waals surface area contributed by atoms with Gasteiger partial charge in [0.05, 0.1) is 16.3 Å². The molecule has 0 spiro atoms. The Labute approximate surface area is 122 Å². The average molecular weight is 312 g/mol. The summed E-state index contributed by atoms with van der Waals surface area (Å²) in [5, 5.41) is -0.300. The van der Waals surface area contributed by atoms with Crippen LogP contribution in [0.1, 0.15) is 13.8 Å². The van der Waals surface area contributed by atoms with E-state index in [2.05, 4.69) is 9.97 Å². The van der Waals surface area contributed by atoms with Crippen LogP contribution in [0, 0.1) is 0 Å². The van der Waals surface area contributed by atoms with Gasteiger partial charge in [0.25, 0.3) is 0 Å². The van der Waals surface area contributed by atoms with Crippen LogP contribution in [0.5, 0.6) is 0 Å². The summed E-state index contributed by atoms with van der Waals surface area (Å²) in [6, 6.07) is 6.58. The number of halogens is 1. The zero-order valence-corrected chi connectivity index (χ0v) is 12.6. The molecule has 5 nitrogen and oxygen atoms in total. The molecule has 0 saturated carbocycles. The monoisotopic (exact) mass is 311 g/mol. The van der Waals surface area contributed by atoms with Crippen molar-refractivity contribution in [2.75, 3.05) is 5.73 Å². The minimum Gasteiger partial charge on any atom is -0.382 e. The van der Waals surface area contributed by atoms with Crippen LogP contribution in [0.15, 0.2) is 35.4 Å². The molecule has 0 bridgehead atoms. The quantitative estimate of drug-likeness (QED) is 0.941. The Morgan fingerprint density at radius 1 is 1.25 bits per heavy atom. The van der Waals surface area contributed by atoms with Gasteiger partial charge in [-0.2, -0.15) is 0 Å². The van der Waals surface area contributed by atoms with E-state index in [1.165, 1.54) is 6.20 Å². The van der Waals surface area contributed by atoms with Crippen molar-refractivity contribution in [2.24, 2.45) is 0 Å². The highest BCUT2D eigenvalue weighted by molar-refractivity contribution is 7.92. The third-order valence-electron chi connectivity index (χ3n) is 2.83. The van der Waals surface area contributed by atoms with Gasteiger partial charge in [-0.15, -0.1) is 0 Å². The average Bonchev–Trinajstić information content (AvgIpc) is 2.41. The largest absolute Gasteiger partial charge is 0.382 e. The van der Waals surface area contributed by atoms with E-state index in [9.17, 15) is 8.42 Å². The molecule has 1 aromatic carbocycles. The number of anilines is 1. The van der Waals surface area contributed by atoms with Crippen LogP contribution in [-0.2, 0) is 9.84 Å². The zero-order valence-electron chi connectivity index (χ0n) is 11.0. The van der Waals surface area contributed by atoms with Gasteiger partial charge in [0.15, 0.2) is 15.7 Å². The van der Waals surface area contributed by atoms with Gasteiger partial charge in [0.2, 0.25) is 0 Å². The number of nitrogens with zero attached hydrogens (tertiary/aromatic N) is 2. The van der Waals surface area contributed by atoms with Crippen LogP contribution in [-0.4, -0.2) is 23.6 Å². The van der Waals surface area contributed by atoms with Crippen LogP contribution in [0.4, 0.5) is 5.82 Å². The van der Waals surface area contributed by atoms with Crippen LogP contribution >= 0.6 is 11.6 Å². The second-order valence-corrected chi connectivity index (χ2v) is 7.40. The molecule has 1 aromatic heterocycles. The fourth-order valence-corrected chi connectivity index (χ4v) is 3.00. The lowest BCUT2D eigenvalue weighted by Crippen LogP contribution is -2.15. The van der Waals surface area contributed by atoms with Gasteiger partial charge in [-0.05, 0) is 26.0 Å². The first-order chi connectivity index (χ1) is 9.34. The van der Waals surface area contributed by atoms with E-state index in [4.69, 9.17) is 17.3 Å². The van der Waals surface area contributed by atoms with Gasteiger partial charge in [-0.25, -0.2) is 18.4 Å². The lowest BCUT2D eigenvalue weighted by atomic mass is 10.2. The Morgan fingerprint density at radius 3 is 2.50 bits per heavy atom. The Hall–Kier alpha value is -1.66. The molecule has 1 heterocycles. The van der Waals surface area contributed by atoms with E-state index in [-0.39, 0.29) is 21.6 Å². The summed E-state index contributed by atoms with van der Waals surface area (Å²) in [4.78, 5) is 8.29. The smallest absolute Gasteiger partial charge is 0.181 e. The first kappa shape index (κ1) is 14.7. The summed E-state index contributed by atoms with van der Waals surface area (Å²) in [6.07, 6.45) is 1.36. The van der Waals surface area contributed by atoms with E-state index in [0.717, 1.165) is 0 Å². The summed E-state index contributed by atoms with van der Waals surface area (Å²) in [5.41, 5.74) is 6.07. The fourth-order valence-electron chi connectivity index (χ4n) is 1.66. The van der Waals surface area contributed by atoms with Crippen molar-refractivity contribution < 1.29 is 8.42 Å². The highest BCUT2D eigenvalue weighted by Gasteiger charge is 2.24. The number of nitrogen functional groups attached to an aromatic ring is 1. The Kier molecular flexibility index (Phi) is 3.96. The van der Waals surface area contributed by atoms with Crippen LogP contribution in [0.25, 0.3) is 11.4 Å². The predicted octanol–water partition coefficient (Wildman–Crippen LogP) is 2.56. The number of hydrogen-bond acceptors (Lipinski definition) is 5. The minimum atomic E-state index is -3.43. The fraction of sp³-hybridized carbons (Fsp3) is 0.231. The van der Waals surface area contributed by atoms with Crippen molar-refractivity contribution in [2.45, 2.75) is 24.0 Å². The van der Waals surface area contributed by atoms with E-state index in [1.54, 1.807) is 38.1 Å². The molecular formula is C13H14ClN3O2S. The van der Waals surface area contributed by atoms with E-state index in [1.807, 2.05) is 0 Å². The normalized spacial score (nSPS) is 11.8. The molecule has 0 saturated heterocycles. The van der Waals surface area contributed by atoms with Crippen molar-refractivity contribution >= 4 is 27.3 Å². The van der Waals surface area contributed by atoms with Crippen LogP contribution in [0.3, 0.4) is 0 Å². The lowest BCUT2D eigenvalue weighted by molar-refractivity contribution is 0.587. The summed E-state index contributed by atoms with van der Waals surface area (Å²) < 4.78 is 24.7. The highest BCUT2D eigenvalue weighted by atomic mass is 35.5. The molecule has 0 radical (unpaired) electrons. The molecule has 2 N–H and O–H groups in total. The minimum absolute atomic E-state index is 0.119. The molecule has 0 aliphatic heterocycles. The summed E-state index contributed by atoms with van der Waals surface area (Å²) in [6.45, 7) is 3.26. The molecule has 0 fully saturated rings. The summed E-state index contributed by atoms with van der Waals surface area (Å²) in [5.74, 6) is 0.361. The second-order valence-electron chi connectivity index (χ2n) is 4.52. The SMILES string of the molecule is CC(C)S(=O)(=O)c1ccccc1-c1ncc(Cl)c(N)n1. The topological polar surface area (TPSA) is 85.9 Å². The summed E-state index contributed by atoms with van der Waals surface area (Å²) >= 11 is 5.78. The van der Waals surface area contributed by atoms with Crippen molar-refractivity contribution in [1.82, 2.24) is 9.97 Å². The maximum Gasteiger partial charge on any atom is 0.181 e. The third-order valence-corrected chi connectivity index (χ3v) is 5.33. The van der Waals surface area contributed by atoms with Crippen molar-refractivity contribution in [3.8, 4) is 11.4 Å². The lowest BCUT2D eigenvalue weighted by Gasteiger charge is -2.12. The van der Waals surface area contributed by atoms with Gasteiger partial charge in [-0.3, -0.25) is 0 Å². The number of aromatic nitrogens is 2. The molecule has 0 unspecified atom stereocenters. The number of sulfone groups is 1. The van der Waals surface area contributed by atoms with Gasteiger partial charge in [0.1, 0.15) is 10.8 Å². The summed E-state index contributed by atoms with van der Waals surface area (Å²) in [7, 11) is -3.43. The van der Waals surface area contributed by atoms with Crippen molar-refractivity contribution in [3.63, 3.8) is 0 Å². The second kappa shape index (κ2) is 5.38. The number of benzene rings is 1. The molecular weight excluding hydrogens is 298 g/mol. The van der Waals surface area contributed by atoms with Gasteiger partial charge in [-0.1, -0.05) is 23.7 Å². The molecule has 2 aromatic rings. The highest BCUT2D eigenvalue weighted by Crippen LogP contribution is 2.28. The molecule has 0 aliphatic carbocycles. The molecule has 20 heavy (non-hydrogen) atoms. The third kappa shape index (κ3) is 2.62. The van der Waals surface area contributed by atoms with Gasteiger partial charge in [0, 0.05) is 5.56 Å². The molecule has 0 aliphatic rings. The first-order valence-electron chi connectivity index (χ1n) is 5.95. The van der Waals surface area contributed by atoms with E-state index >= 15 is 0 Å². The Bertz CT molecular complexity index is 745. The van der Waals surface area contributed by atoms with Crippen molar-refractivity contribution in [1.29, 1.82) is 0 Å². The van der Waals surface area contributed by atoms with Crippen molar-refractivity contribution in [3.05, 3.63) is 35.5 Å². The number of hydrogen-bond donors (Lipinski definition) is 1. The Balaban J connectivity index is 2.67. The molecule has 2 rings (SSSR count). The van der Waals surface area contributed by atoms with E-state index < -0.39 is 15.1 Å². The molecule has 7 heteroatoms. The Morgan fingerprint density at radius 2 is 1.90 bits per heavy atom. The van der Waals surface area contributed by atoms with Gasteiger partial charge >= 0.3 is 0 Å². The predicted molar refractivity (Wildman–Crippen MR) is 79.2 cm³/mol. The van der Waals surface area contributed by atoms with Crippen LogP contribution in [0.2, 0.25) is 5.02 Å². The maximum atomic E-state index is 12.4. The molecule has 106 valence electrons. The number of nitrogens with two attached hydrogens (primary N) is 1. The van der Waals surface area contributed by atoms with E-state index in [0.29, 0.717) is 5.56 Å². The standard InChI is InChI=1S/C13H14ClN3O2S/c1-8(2)20(18,19)11-6-4-3-5-9(11)13-16-7-10(14)12(15)17-13/h3-8H,1-2H3,(H2,15,16,17). The van der Waals surface area contributed by atoms with Crippen LogP contribution < -0.4 is 5.73 Å². The first-order valence-corrected chi connectivity index (χ1v) is 7.87. The van der Waals surface area contributed by atoms with Gasteiger partial charge < -0.3 is 5.73 Å².